The fourth-order valence-corrected chi connectivity index (χ4v) is 3.43. The quantitative estimate of drug-likeness (QED) is 0.774. The summed E-state index contributed by atoms with van der Waals surface area (Å²) in [6.07, 6.45) is 0. The maximum Gasteiger partial charge on any atom is 0.335 e. The first-order valence-corrected chi connectivity index (χ1v) is 7.62. The third-order valence-corrected chi connectivity index (χ3v) is 4.51. The van der Waals surface area contributed by atoms with Gasteiger partial charge in [0.25, 0.3) is 0 Å². The molecular formula is C14H10BrClO2S. The molecule has 0 saturated carbocycles. The lowest BCUT2D eigenvalue weighted by Gasteiger charge is -2.06. The Hall–Kier alpha value is -0.970. The molecule has 0 radical (unpaired) electrons. The summed E-state index contributed by atoms with van der Waals surface area (Å²) in [5, 5.41) is 9.61. The van der Waals surface area contributed by atoms with Gasteiger partial charge in [-0.25, -0.2) is 4.79 Å². The lowest BCUT2D eigenvalue weighted by molar-refractivity contribution is 0.0697. The maximum atomic E-state index is 10.8. The van der Waals surface area contributed by atoms with Gasteiger partial charge in [-0.1, -0.05) is 39.7 Å². The highest BCUT2D eigenvalue weighted by Gasteiger charge is 2.07. The van der Waals surface area contributed by atoms with Crippen LogP contribution in [0.4, 0.5) is 0 Å². The Kier molecular flexibility index (Phi) is 4.91. The summed E-state index contributed by atoms with van der Waals surface area (Å²) in [7, 11) is 0. The van der Waals surface area contributed by atoms with Gasteiger partial charge in [-0.05, 0) is 35.9 Å². The van der Waals surface area contributed by atoms with Crippen molar-refractivity contribution in [2.75, 3.05) is 0 Å². The van der Waals surface area contributed by atoms with E-state index in [1.807, 2.05) is 30.3 Å². The zero-order valence-electron chi connectivity index (χ0n) is 9.77. The van der Waals surface area contributed by atoms with Crippen molar-refractivity contribution < 1.29 is 9.90 Å². The van der Waals surface area contributed by atoms with Crippen LogP contribution in [0.15, 0.2) is 51.8 Å². The summed E-state index contributed by atoms with van der Waals surface area (Å²) in [5.74, 6) is -0.171. The van der Waals surface area contributed by atoms with Crippen molar-refractivity contribution in [3.63, 3.8) is 0 Å². The van der Waals surface area contributed by atoms with E-state index >= 15 is 0 Å². The molecule has 0 aliphatic rings. The number of carboxylic acid groups (broad SMARTS) is 1. The average molecular weight is 358 g/mol. The van der Waals surface area contributed by atoms with E-state index in [9.17, 15) is 4.79 Å². The fraction of sp³-hybridized carbons (Fsp3) is 0.0714. The summed E-state index contributed by atoms with van der Waals surface area (Å²) in [6, 6.07) is 12.7. The number of rotatable bonds is 4. The third-order valence-electron chi connectivity index (χ3n) is 2.49. The average Bonchev–Trinajstić information content (AvgIpc) is 2.37. The van der Waals surface area contributed by atoms with Crippen LogP contribution in [0.1, 0.15) is 15.9 Å². The maximum absolute atomic E-state index is 10.8. The van der Waals surface area contributed by atoms with Crippen LogP contribution >= 0.6 is 39.3 Å². The molecule has 2 nitrogen and oxygen atoms in total. The van der Waals surface area contributed by atoms with Gasteiger partial charge in [-0.3, -0.25) is 0 Å². The Balaban J connectivity index is 2.10. The standard InChI is InChI=1S/C14H10BrClO2S/c15-13-6-9(14(17)18)4-5-10(13)8-19-12-3-1-2-11(16)7-12/h1-7H,8H2,(H,17,18). The molecule has 0 saturated heterocycles. The van der Waals surface area contributed by atoms with Crippen molar-refractivity contribution >= 4 is 45.3 Å². The van der Waals surface area contributed by atoms with Gasteiger partial charge in [-0.15, -0.1) is 11.8 Å². The van der Waals surface area contributed by atoms with E-state index in [0.717, 1.165) is 20.7 Å². The minimum Gasteiger partial charge on any atom is -0.478 e. The second-order valence-electron chi connectivity index (χ2n) is 3.86. The summed E-state index contributed by atoms with van der Waals surface area (Å²) in [4.78, 5) is 11.9. The normalized spacial score (nSPS) is 10.4. The topological polar surface area (TPSA) is 37.3 Å². The van der Waals surface area contributed by atoms with E-state index in [1.54, 1.807) is 23.9 Å². The van der Waals surface area contributed by atoms with E-state index in [-0.39, 0.29) is 5.56 Å². The van der Waals surface area contributed by atoms with Gasteiger partial charge in [0.15, 0.2) is 0 Å². The zero-order chi connectivity index (χ0) is 13.8. The predicted octanol–water partition coefficient (Wildman–Crippen LogP) is 5.09. The molecular weight excluding hydrogens is 348 g/mol. The Morgan fingerprint density at radius 2 is 2.05 bits per heavy atom. The molecule has 0 spiro atoms. The molecule has 0 fully saturated rings. The van der Waals surface area contributed by atoms with E-state index in [2.05, 4.69) is 15.9 Å². The van der Waals surface area contributed by atoms with E-state index in [0.29, 0.717) is 5.02 Å². The first kappa shape index (κ1) is 14.4. The molecule has 1 N–H and O–H groups in total. The van der Waals surface area contributed by atoms with E-state index in [4.69, 9.17) is 16.7 Å². The van der Waals surface area contributed by atoms with Gasteiger partial charge in [0.05, 0.1) is 5.56 Å². The third kappa shape index (κ3) is 4.00. The van der Waals surface area contributed by atoms with Crippen molar-refractivity contribution in [1.82, 2.24) is 0 Å². The highest BCUT2D eigenvalue weighted by molar-refractivity contribution is 9.10. The van der Waals surface area contributed by atoms with Crippen LogP contribution in [0.5, 0.6) is 0 Å². The van der Waals surface area contributed by atoms with E-state index in [1.165, 1.54) is 0 Å². The second-order valence-corrected chi connectivity index (χ2v) is 6.20. The van der Waals surface area contributed by atoms with Crippen LogP contribution in [-0.4, -0.2) is 11.1 Å². The SMILES string of the molecule is O=C(O)c1ccc(CSc2cccc(Cl)c2)c(Br)c1. The number of aromatic carboxylic acids is 1. The van der Waals surface area contributed by atoms with Gasteiger partial charge in [0, 0.05) is 20.1 Å². The van der Waals surface area contributed by atoms with Crippen LogP contribution in [0.3, 0.4) is 0 Å². The Morgan fingerprint density at radius 3 is 2.68 bits per heavy atom. The fourth-order valence-electron chi connectivity index (χ4n) is 1.52. The molecule has 2 aromatic carbocycles. The van der Waals surface area contributed by atoms with Gasteiger partial charge in [0.1, 0.15) is 0 Å². The minimum atomic E-state index is -0.922. The smallest absolute Gasteiger partial charge is 0.335 e. The monoisotopic (exact) mass is 356 g/mol. The molecule has 2 rings (SSSR count). The van der Waals surface area contributed by atoms with Gasteiger partial charge < -0.3 is 5.11 Å². The number of thioether (sulfide) groups is 1. The van der Waals surface area contributed by atoms with Gasteiger partial charge in [0.2, 0.25) is 0 Å². The molecule has 0 heterocycles. The number of carbonyl (C=O) groups is 1. The zero-order valence-corrected chi connectivity index (χ0v) is 12.9. The van der Waals surface area contributed by atoms with Crippen LogP contribution in [0.2, 0.25) is 5.02 Å². The highest BCUT2D eigenvalue weighted by atomic mass is 79.9. The van der Waals surface area contributed by atoms with Crippen molar-refractivity contribution in [2.24, 2.45) is 0 Å². The van der Waals surface area contributed by atoms with Crippen LogP contribution in [0, 0.1) is 0 Å². The second kappa shape index (κ2) is 6.46. The molecule has 98 valence electrons. The molecule has 5 heteroatoms. The van der Waals surface area contributed by atoms with Crippen molar-refractivity contribution in [2.45, 2.75) is 10.6 Å². The summed E-state index contributed by atoms with van der Waals surface area (Å²) < 4.78 is 0.807. The molecule has 19 heavy (non-hydrogen) atoms. The first-order valence-electron chi connectivity index (χ1n) is 5.46. The Morgan fingerprint density at radius 1 is 1.26 bits per heavy atom. The summed E-state index contributed by atoms with van der Waals surface area (Å²) in [6.45, 7) is 0. The molecule has 0 aromatic heterocycles. The Bertz CT molecular complexity index is 616. The highest BCUT2D eigenvalue weighted by Crippen LogP contribution is 2.29. The van der Waals surface area contributed by atoms with E-state index < -0.39 is 5.97 Å². The van der Waals surface area contributed by atoms with Crippen molar-refractivity contribution in [3.05, 3.63) is 63.1 Å². The lowest BCUT2D eigenvalue weighted by Crippen LogP contribution is -1.96. The van der Waals surface area contributed by atoms with Crippen LogP contribution in [0.25, 0.3) is 0 Å². The molecule has 0 aliphatic heterocycles. The number of halogens is 2. The molecule has 0 atom stereocenters. The largest absolute Gasteiger partial charge is 0.478 e. The van der Waals surface area contributed by atoms with Gasteiger partial charge in [-0.2, -0.15) is 0 Å². The van der Waals surface area contributed by atoms with Crippen molar-refractivity contribution in [1.29, 1.82) is 0 Å². The van der Waals surface area contributed by atoms with Crippen molar-refractivity contribution in [3.8, 4) is 0 Å². The lowest BCUT2D eigenvalue weighted by atomic mass is 10.1. The predicted molar refractivity (Wildman–Crippen MR) is 82.1 cm³/mol. The molecule has 0 bridgehead atoms. The molecule has 0 amide bonds. The molecule has 0 aliphatic carbocycles. The van der Waals surface area contributed by atoms with Crippen LogP contribution in [-0.2, 0) is 5.75 Å². The minimum absolute atomic E-state index is 0.281. The summed E-state index contributed by atoms with van der Waals surface area (Å²) in [5.41, 5.74) is 1.33. The summed E-state index contributed by atoms with van der Waals surface area (Å²) >= 11 is 11.0. The number of hydrogen-bond acceptors (Lipinski definition) is 2. The number of hydrogen-bond donors (Lipinski definition) is 1. The molecule has 0 unspecified atom stereocenters. The van der Waals surface area contributed by atoms with Crippen LogP contribution < -0.4 is 0 Å². The molecule has 2 aromatic rings. The number of carboxylic acids is 1. The van der Waals surface area contributed by atoms with Gasteiger partial charge >= 0.3 is 5.97 Å². The number of benzene rings is 2. The first-order chi connectivity index (χ1) is 9.06. The Labute approximate surface area is 128 Å².